The lowest BCUT2D eigenvalue weighted by molar-refractivity contribution is 0.213. The van der Waals surface area contributed by atoms with Gasteiger partial charge < -0.3 is 9.94 Å². The van der Waals surface area contributed by atoms with Gasteiger partial charge in [0.05, 0.1) is 5.71 Å². The normalized spacial score (nSPS) is 17.1. The summed E-state index contributed by atoms with van der Waals surface area (Å²) in [4.78, 5) is 4.78. The van der Waals surface area contributed by atoms with Crippen molar-refractivity contribution in [3.8, 4) is 5.75 Å². The highest BCUT2D eigenvalue weighted by Gasteiger charge is 2.21. The van der Waals surface area contributed by atoms with Crippen LogP contribution in [0.3, 0.4) is 0 Å². The van der Waals surface area contributed by atoms with Gasteiger partial charge in [0.25, 0.3) is 0 Å². The number of rotatable bonds is 1. The monoisotopic (exact) mass is 191 g/mol. The van der Waals surface area contributed by atoms with E-state index in [1.165, 1.54) is 5.56 Å². The predicted molar refractivity (Wildman–Crippen MR) is 54.7 cm³/mol. The Hall–Kier alpha value is -1.51. The van der Waals surface area contributed by atoms with Gasteiger partial charge in [0.2, 0.25) is 0 Å². The van der Waals surface area contributed by atoms with Crippen molar-refractivity contribution in [2.75, 3.05) is 7.11 Å². The minimum absolute atomic E-state index is 0.363. The Morgan fingerprint density at radius 2 is 2.14 bits per heavy atom. The Morgan fingerprint density at radius 3 is 2.86 bits per heavy atom. The van der Waals surface area contributed by atoms with E-state index in [-0.39, 0.29) is 0 Å². The van der Waals surface area contributed by atoms with E-state index in [0.29, 0.717) is 5.75 Å². The average molecular weight is 191 g/mol. The first-order valence-corrected chi connectivity index (χ1v) is 4.66. The Labute approximate surface area is 83.0 Å². The lowest BCUT2D eigenvalue weighted by atomic mass is 10.0. The van der Waals surface area contributed by atoms with Gasteiger partial charge in [-0.1, -0.05) is 5.16 Å². The second-order valence-electron chi connectivity index (χ2n) is 3.46. The van der Waals surface area contributed by atoms with Crippen LogP contribution < -0.4 is 0 Å². The lowest BCUT2D eigenvalue weighted by Crippen LogP contribution is -1.95. The van der Waals surface area contributed by atoms with E-state index in [9.17, 15) is 5.11 Å². The number of phenolic OH excluding ortho intramolecular Hbond substituents is 1. The average Bonchev–Trinajstić information content (AvgIpc) is 2.57. The molecule has 1 aliphatic carbocycles. The number of aromatic hydroxyl groups is 1. The largest absolute Gasteiger partial charge is 0.508 e. The first-order chi connectivity index (χ1) is 6.74. The highest BCUT2D eigenvalue weighted by molar-refractivity contribution is 6.04. The summed E-state index contributed by atoms with van der Waals surface area (Å²) in [6.45, 7) is 1.93. The summed E-state index contributed by atoms with van der Waals surface area (Å²) >= 11 is 0. The van der Waals surface area contributed by atoms with Crippen molar-refractivity contribution in [1.29, 1.82) is 0 Å². The first kappa shape index (κ1) is 9.06. The summed E-state index contributed by atoms with van der Waals surface area (Å²) in [6, 6.07) is 3.62. The van der Waals surface area contributed by atoms with Crippen molar-refractivity contribution in [1.82, 2.24) is 0 Å². The van der Waals surface area contributed by atoms with E-state index in [0.717, 1.165) is 29.7 Å². The summed E-state index contributed by atoms with van der Waals surface area (Å²) in [7, 11) is 1.55. The molecule has 2 rings (SSSR count). The zero-order valence-corrected chi connectivity index (χ0v) is 8.37. The summed E-state index contributed by atoms with van der Waals surface area (Å²) in [5.41, 5.74) is 4.25. The Morgan fingerprint density at radius 1 is 1.36 bits per heavy atom. The molecule has 0 radical (unpaired) electrons. The van der Waals surface area contributed by atoms with Crippen molar-refractivity contribution >= 4 is 5.71 Å². The van der Waals surface area contributed by atoms with Gasteiger partial charge in [0.1, 0.15) is 12.9 Å². The number of hydrogen-bond acceptors (Lipinski definition) is 3. The number of fused-ring (bicyclic) bond motifs is 1. The molecule has 14 heavy (non-hydrogen) atoms. The summed E-state index contributed by atoms with van der Waals surface area (Å²) in [5.74, 6) is 0.363. The van der Waals surface area contributed by atoms with Crippen LogP contribution in [0.4, 0.5) is 0 Å². The second kappa shape index (κ2) is 3.33. The van der Waals surface area contributed by atoms with E-state index in [2.05, 4.69) is 5.16 Å². The molecule has 0 saturated carbocycles. The van der Waals surface area contributed by atoms with Crippen LogP contribution >= 0.6 is 0 Å². The Balaban J connectivity index is 2.53. The van der Waals surface area contributed by atoms with Crippen molar-refractivity contribution in [3.05, 3.63) is 28.8 Å². The molecule has 1 aliphatic rings. The third-order valence-electron chi connectivity index (χ3n) is 2.69. The SMILES string of the molecule is CON=C1CCc2c1ccc(O)c2C. The molecule has 0 amide bonds. The molecule has 0 aromatic heterocycles. The maximum atomic E-state index is 9.53. The van der Waals surface area contributed by atoms with Crippen LogP contribution in [0, 0.1) is 6.92 Å². The maximum Gasteiger partial charge on any atom is 0.118 e. The molecule has 3 nitrogen and oxygen atoms in total. The lowest BCUT2D eigenvalue weighted by Gasteiger charge is -2.05. The minimum atomic E-state index is 0.363. The molecule has 1 aromatic carbocycles. The van der Waals surface area contributed by atoms with Gasteiger partial charge >= 0.3 is 0 Å². The summed E-state index contributed by atoms with van der Waals surface area (Å²) < 4.78 is 0. The van der Waals surface area contributed by atoms with E-state index in [1.54, 1.807) is 13.2 Å². The third-order valence-corrected chi connectivity index (χ3v) is 2.69. The van der Waals surface area contributed by atoms with Gasteiger partial charge in [-0.3, -0.25) is 0 Å². The van der Waals surface area contributed by atoms with Gasteiger partial charge in [0, 0.05) is 5.56 Å². The van der Waals surface area contributed by atoms with Gasteiger partial charge in [-0.15, -0.1) is 0 Å². The van der Waals surface area contributed by atoms with Crippen molar-refractivity contribution < 1.29 is 9.94 Å². The first-order valence-electron chi connectivity index (χ1n) is 4.66. The van der Waals surface area contributed by atoms with Gasteiger partial charge in [-0.05, 0) is 43.0 Å². The van der Waals surface area contributed by atoms with Crippen LogP contribution in [0.25, 0.3) is 0 Å². The second-order valence-corrected chi connectivity index (χ2v) is 3.46. The van der Waals surface area contributed by atoms with E-state index >= 15 is 0 Å². The molecule has 0 atom stereocenters. The van der Waals surface area contributed by atoms with Crippen LogP contribution in [0.5, 0.6) is 5.75 Å². The summed E-state index contributed by atoms with van der Waals surface area (Å²) in [5, 5.41) is 13.5. The van der Waals surface area contributed by atoms with Crippen LogP contribution in [0.2, 0.25) is 0 Å². The van der Waals surface area contributed by atoms with Crippen molar-refractivity contribution in [2.45, 2.75) is 19.8 Å². The zero-order chi connectivity index (χ0) is 10.1. The van der Waals surface area contributed by atoms with Crippen LogP contribution in [0.1, 0.15) is 23.1 Å². The molecule has 0 fully saturated rings. The molecule has 0 bridgehead atoms. The molecule has 1 N–H and O–H groups in total. The van der Waals surface area contributed by atoms with Crippen LogP contribution in [-0.2, 0) is 11.3 Å². The number of hydrogen-bond donors (Lipinski definition) is 1. The number of benzene rings is 1. The summed E-state index contributed by atoms with van der Waals surface area (Å²) in [6.07, 6.45) is 1.84. The molecule has 74 valence electrons. The topological polar surface area (TPSA) is 41.8 Å². The molecule has 0 aliphatic heterocycles. The van der Waals surface area contributed by atoms with Crippen LogP contribution in [0.15, 0.2) is 17.3 Å². The standard InChI is InChI=1S/C11H13NO2/c1-7-8-3-5-10(12-14-2)9(8)4-6-11(7)13/h4,6,13H,3,5H2,1-2H3. The molecular formula is C11H13NO2. The fourth-order valence-corrected chi connectivity index (χ4v) is 1.92. The van der Waals surface area contributed by atoms with E-state index in [1.807, 2.05) is 13.0 Å². The molecule has 0 heterocycles. The quantitative estimate of drug-likeness (QED) is 0.690. The minimum Gasteiger partial charge on any atom is -0.508 e. The van der Waals surface area contributed by atoms with Gasteiger partial charge in [0.15, 0.2) is 0 Å². The Bertz CT molecular complexity index is 397. The maximum absolute atomic E-state index is 9.53. The molecular weight excluding hydrogens is 178 g/mol. The van der Waals surface area contributed by atoms with E-state index in [4.69, 9.17) is 4.84 Å². The number of nitrogens with zero attached hydrogens (tertiary/aromatic N) is 1. The smallest absolute Gasteiger partial charge is 0.118 e. The fourth-order valence-electron chi connectivity index (χ4n) is 1.92. The Kier molecular flexibility index (Phi) is 2.15. The van der Waals surface area contributed by atoms with Crippen molar-refractivity contribution in [2.24, 2.45) is 5.16 Å². The number of oxime groups is 1. The van der Waals surface area contributed by atoms with Gasteiger partial charge in [-0.2, -0.15) is 0 Å². The molecule has 0 unspecified atom stereocenters. The molecule has 3 heteroatoms. The zero-order valence-electron chi connectivity index (χ0n) is 8.37. The van der Waals surface area contributed by atoms with Gasteiger partial charge in [-0.25, -0.2) is 0 Å². The highest BCUT2D eigenvalue weighted by Crippen LogP contribution is 2.30. The molecule has 1 aromatic rings. The van der Waals surface area contributed by atoms with E-state index < -0.39 is 0 Å². The van der Waals surface area contributed by atoms with Crippen LogP contribution in [-0.4, -0.2) is 17.9 Å². The molecule has 0 spiro atoms. The predicted octanol–water partition coefficient (Wildman–Crippen LogP) is 2.00. The van der Waals surface area contributed by atoms with Crippen molar-refractivity contribution in [3.63, 3.8) is 0 Å². The molecule has 0 saturated heterocycles. The fraction of sp³-hybridized carbons (Fsp3) is 0.364. The third kappa shape index (κ3) is 1.25. The number of phenols is 1. The highest BCUT2D eigenvalue weighted by atomic mass is 16.6.